The summed E-state index contributed by atoms with van der Waals surface area (Å²) in [4.78, 5) is 26.3. The van der Waals surface area contributed by atoms with Gasteiger partial charge in [0.1, 0.15) is 24.3 Å². The first kappa shape index (κ1) is 27.5. The number of hydrogen-bond donors (Lipinski definition) is 2. The highest BCUT2D eigenvalue weighted by atomic mass is 19.1. The smallest absolute Gasteiger partial charge is 0.319 e. The lowest BCUT2D eigenvalue weighted by Crippen LogP contribution is -2.48. The van der Waals surface area contributed by atoms with Crippen LogP contribution in [0.1, 0.15) is 30.4 Å². The number of nitrogens with one attached hydrogen (secondary N) is 1. The summed E-state index contributed by atoms with van der Waals surface area (Å²) in [6, 6.07) is 9.79. The third-order valence-electron chi connectivity index (χ3n) is 9.14. The van der Waals surface area contributed by atoms with Crippen molar-refractivity contribution >= 4 is 33.4 Å². The van der Waals surface area contributed by atoms with Crippen LogP contribution in [0.25, 0.3) is 32.8 Å². The highest BCUT2D eigenvalue weighted by molar-refractivity contribution is 6.07. The molecule has 0 aliphatic carbocycles. The van der Waals surface area contributed by atoms with Crippen molar-refractivity contribution < 1.29 is 23.4 Å². The molecule has 4 heterocycles. The molecule has 10 heteroatoms. The minimum atomic E-state index is -0.893. The van der Waals surface area contributed by atoms with Gasteiger partial charge in [-0.15, -0.1) is 6.42 Å². The number of amides is 1. The summed E-state index contributed by atoms with van der Waals surface area (Å²) >= 11 is 0. The Kier molecular flexibility index (Phi) is 6.67. The Morgan fingerprint density at radius 3 is 2.88 bits per heavy atom. The van der Waals surface area contributed by atoms with Crippen molar-refractivity contribution in [1.29, 1.82) is 0 Å². The molecule has 3 aliphatic rings. The Balaban J connectivity index is 1.39. The Morgan fingerprint density at radius 1 is 1.21 bits per heavy atom. The van der Waals surface area contributed by atoms with Crippen molar-refractivity contribution in [2.75, 3.05) is 44.2 Å². The zero-order valence-corrected chi connectivity index (χ0v) is 23.8. The van der Waals surface area contributed by atoms with E-state index in [1.807, 2.05) is 19.1 Å². The lowest BCUT2D eigenvalue weighted by atomic mass is 9.91. The average Bonchev–Trinajstić information content (AvgIpc) is 3.52. The molecule has 4 aromatic rings. The van der Waals surface area contributed by atoms with Crippen molar-refractivity contribution in [3.05, 3.63) is 53.3 Å². The number of rotatable bonds is 5. The van der Waals surface area contributed by atoms with E-state index in [1.165, 1.54) is 6.07 Å². The number of carbonyl (C=O) groups is 1. The number of aromatic hydroxyl groups is 1. The number of aryl methyl sites for hydroxylation is 1. The van der Waals surface area contributed by atoms with Gasteiger partial charge in [-0.2, -0.15) is 9.97 Å². The number of carbonyl (C=O) groups excluding carboxylic acids is 1. The molecule has 2 unspecified atom stereocenters. The van der Waals surface area contributed by atoms with Crippen molar-refractivity contribution in [3.8, 4) is 35.2 Å². The number of alkyl halides is 1. The number of ether oxygens (including phenoxy) is 1. The summed E-state index contributed by atoms with van der Waals surface area (Å²) in [6.45, 7) is 4.58. The second-order valence-corrected chi connectivity index (χ2v) is 11.7. The second-order valence-electron chi connectivity index (χ2n) is 11.7. The summed E-state index contributed by atoms with van der Waals surface area (Å²) in [5, 5.41) is 15.4. The van der Waals surface area contributed by atoms with Gasteiger partial charge < -0.3 is 15.2 Å². The Bertz CT molecular complexity index is 1840. The van der Waals surface area contributed by atoms with Gasteiger partial charge in [0, 0.05) is 36.8 Å². The number of nitrogens with zero attached hydrogens (tertiary/aromatic N) is 4. The van der Waals surface area contributed by atoms with Crippen LogP contribution in [0.2, 0.25) is 0 Å². The molecule has 43 heavy (non-hydrogen) atoms. The Morgan fingerprint density at radius 2 is 2.07 bits per heavy atom. The Labute approximate surface area is 247 Å². The van der Waals surface area contributed by atoms with Crippen LogP contribution in [0.15, 0.2) is 36.4 Å². The van der Waals surface area contributed by atoms with Crippen molar-refractivity contribution in [2.45, 2.75) is 37.9 Å². The summed E-state index contributed by atoms with van der Waals surface area (Å²) in [7, 11) is 0. The van der Waals surface area contributed by atoms with Crippen LogP contribution < -0.4 is 15.0 Å². The molecule has 1 aromatic heterocycles. The van der Waals surface area contributed by atoms with Crippen LogP contribution in [-0.2, 0) is 4.79 Å². The third-order valence-corrected chi connectivity index (χ3v) is 9.14. The van der Waals surface area contributed by atoms with E-state index in [0.29, 0.717) is 64.7 Å². The summed E-state index contributed by atoms with van der Waals surface area (Å²) in [6.07, 6.45) is 7.07. The number of benzene rings is 3. The van der Waals surface area contributed by atoms with E-state index >= 15 is 0 Å². The third kappa shape index (κ3) is 4.55. The molecule has 0 saturated carbocycles. The maximum absolute atomic E-state index is 14.8. The lowest BCUT2D eigenvalue weighted by molar-refractivity contribution is -0.118. The van der Waals surface area contributed by atoms with Gasteiger partial charge in [0.05, 0.1) is 23.2 Å². The van der Waals surface area contributed by atoms with Crippen LogP contribution >= 0.6 is 0 Å². The molecule has 1 amide bonds. The molecular weight excluding hydrogens is 552 g/mol. The molecule has 3 fully saturated rings. The van der Waals surface area contributed by atoms with E-state index in [1.54, 1.807) is 23.1 Å². The first-order valence-corrected chi connectivity index (χ1v) is 14.5. The molecule has 0 bridgehead atoms. The summed E-state index contributed by atoms with van der Waals surface area (Å²) in [5.74, 6) is 2.27. The number of phenolic OH excluding ortho intramolecular Hbond substituents is 1. The minimum Gasteiger partial charge on any atom is -0.508 e. The van der Waals surface area contributed by atoms with Crippen molar-refractivity contribution in [2.24, 2.45) is 0 Å². The number of piperazine rings is 1. The zero-order valence-electron chi connectivity index (χ0n) is 23.8. The molecule has 3 aromatic carbocycles. The van der Waals surface area contributed by atoms with Gasteiger partial charge >= 0.3 is 6.01 Å². The van der Waals surface area contributed by atoms with E-state index in [4.69, 9.17) is 21.1 Å². The molecule has 0 radical (unpaired) electrons. The van der Waals surface area contributed by atoms with E-state index in [-0.39, 0.29) is 36.4 Å². The number of terminal acetylenes is 1. The Hall–Kier alpha value is -4.33. The maximum Gasteiger partial charge on any atom is 0.319 e. The zero-order chi connectivity index (χ0) is 29.9. The first-order chi connectivity index (χ1) is 20.8. The van der Waals surface area contributed by atoms with Crippen LogP contribution in [0.4, 0.5) is 14.6 Å². The standard InChI is InChI=1S/C33H31F2N5O3/c1-3-23-27(35)8-5-20-13-22(41)14-26(29(20)23)24-6-7-25-30(19(24)2)37-32(38-31(25)40-12-10-36-16-28(40)42)43-18-33-9-4-11-39(33)17-21(34)15-33/h1,5-8,13-14,21,36,41H,4,9-12,15-18H2,2H3. The molecule has 220 valence electrons. The monoisotopic (exact) mass is 583 g/mol. The summed E-state index contributed by atoms with van der Waals surface area (Å²) < 4.78 is 35.5. The van der Waals surface area contributed by atoms with Crippen LogP contribution in [0.5, 0.6) is 11.8 Å². The summed E-state index contributed by atoms with van der Waals surface area (Å²) in [5.41, 5.74) is 2.23. The minimum absolute atomic E-state index is 0.0125. The fourth-order valence-corrected chi connectivity index (χ4v) is 7.11. The molecule has 3 aliphatic heterocycles. The predicted octanol–water partition coefficient (Wildman–Crippen LogP) is 4.48. The molecule has 0 spiro atoms. The topological polar surface area (TPSA) is 90.8 Å². The van der Waals surface area contributed by atoms with Gasteiger partial charge in [0.2, 0.25) is 5.91 Å². The van der Waals surface area contributed by atoms with Gasteiger partial charge in [-0.05, 0) is 72.7 Å². The van der Waals surface area contributed by atoms with Gasteiger partial charge in [-0.25, -0.2) is 8.78 Å². The van der Waals surface area contributed by atoms with Gasteiger partial charge in [-0.1, -0.05) is 18.1 Å². The number of fused-ring (bicyclic) bond motifs is 3. The van der Waals surface area contributed by atoms with E-state index in [2.05, 4.69) is 16.1 Å². The quantitative estimate of drug-likeness (QED) is 0.335. The highest BCUT2D eigenvalue weighted by Crippen LogP contribution is 2.42. The van der Waals surface area contributed by atoms with Crippen molar-refractivity contribution in [1.82, 2.24) is 20.2 Å². The van der Waals surface area contributed by atoms with Gasteiger partial charge in [0.25, 0.3) is 0 Å². The highest BCUT2D eigenvalue weighted by Gasteiger charge is 2.49. The second kappa shape index (κ2) is 10.4. The van der Waals surface area contributed by atoms with Crippen LogP contribution in [0, 0.1) is 25.1 Å². The number of hydrogen-bond acceptors (Lipinski definition) is 7. The van der Waals surface area contributed by atoms with Gasteiger partial charge in [-0.3, -0.25) is 14.6 Å². The van der Waals surface area contributed by atoms with Crippen molar-refractivity contribution in [3.63, 3.8) is 0 Å². The van der Waals surface area contributed by atoms with E-state index in [9.17, 15) is 18.7 Å². The van der Waals surface area contributed by atoms with Crippen LogP contribution in [-0.4, -0.2) is 76.9 Å². The maximum atomic E-state index is 14.8. The SMILES string of the molecule is C#Cc1c(F)ccc2cc(O)cc(-c3ccc4c(N5CCNCC5=O)nc(OCC56CCCN5CC(F)C6)nc4c3C)c12. The average molecular weight is 584 g/mol. The molecule has 3 saturated heterocycles. The number of anilines is 1. The number of phenols is 1. The molecule has 8 nitrogen and oxygen atoms in total. The largest absolute Gasteiger partial charge is 0.508 e. The molecule has 2 atom stereocenters. The predicted molar refractivity (Wildman–Crippen MR) is 161 cm³/mol. The van der Waals surface area contributed by atoms with Crippen LogP contribution in [0.3, 0.4) is 0 Å². The first-order valence-electron chi connectivity index (χ1n) is 14.5. The lowest BCUT2D eigenvalue weighted by Gasteiger charge is -2.31. The number of halogens is 2. The van der Waals surface area contributed by atoms with E-state index < -0.39 is 17.5 Å². The van der Waals surface area contributed by atoms with E-state index in [0.717, 1.165) is 24.9 Å². The molecule has 2 N–H and O–H groups in total. The number of aromatic nitrogens is 2. The molecule has 7 rings (SSSR count). The normalized spacial score (nSPS) is 22.3. The fourth-order valence-electron chi connectivity index (χ4n) is 7.11. The van der Waals surface area contributed by atoms with Gasteiger partial charge in [0.15, 0.2) is 5.82 Å². The molecular formula is C33H31F2N5O3. The fraction of sp³-hybridized carbons (Fsp3) is 0.364.